The maximum Gasteiger partial charge on any atom is 0.316 e. The van der Waals surface area contributed by atoms with Crippen LogP contribution in [0.15, 0.2) is 83.8 Å². The van der Waals surface area contributed by atoms with Gasteiger partial charge in [-0.05, 0) is 53.1 Å². The van der Waals surface area contributed by atoms with E-state index in [9.17, 15) is 9.59 Å². The summed E-state index contributed by atoms with van der Waals surface area (Å²) in [5.41, 5.74) is 9.11. The highest BCUT2D eigenvalue weighted by Gasteiger charge is 2.14. The largest absolute Gasteiger partial charge is 0.449 e. The number of ether oxygens (including phenoxy) is 1. The van der Waals surface area contributed by atoms with E-state index in [0.29, 0.717) is 23.0 Å². The fraction of sp³-hybridized carbons (Fsp3) is 0.0800. The molecular weight excluding hydrogens is 440 g/mol. The van der Waals surface area contributed by atoms with Gasteiger partial charge in [-0.25, -0.2) is 0 Å². The van der Waals surface area contributed by atoms with Gasteiger partial charge in [-0.2, -0.15) is 9.78 Å². The van der Waals surface area contributed by atoms with E-state index in [1.54, 1.807) is 36.4 Å². The van der Waals surface area contributed by atoms with Crippen LogP contribution in [0.2, 0.25) is 5.02 Å². The number of hydrogen-bond acceptors (Lipinski definition) is 5. The van der Waals surface area contributed by atoms with E-state index in [1.807, 2.05) is 36.4 Å². The second-order valence-electron chi connectivity index (χ2n) is 7.32. The molecule has 4 aromatic rings. The Morgan fingerprint density at radius 2 is 1.76 bits per heavy atom. The third kappa shape index (κ3) is 5.05. The molecule has 8 heteroatoms. The predicted molar refractivity (Wildman–Crippen MR) is 129 cm³/mol. The zero-order valence-corrected chi connectivity index (χ0v) is 18.5. The van der Waals surface area contributed by atoms with E-state index < -0.39 is 5.56 Å². The van der Waals surface area contributed by atoms with Gasteiger partial charge >= 0.3 is 5.56 Å². The molecule has 0 atom stereocenters. The van der Waals surface area contributed by atoms with Crippen LogP contribution in [-0.2, 0) is 11.3 Å². The van der Waals surface area contributed by atoms with E-state index in [4.69, 9.17) is 22.1 Å². The van der Waals surface area contributed by atoms with Gasteiger partial charge in [-0.1, -0.05) is 48.0 Å². The number of nitrogens with zero attached hydrogens (tertiary/aromatic N) is 2. The van der Waals surface area contributed by atoms with Crippen LogP contribution in [0.4, 0.5) is 5.69 Å². The van der Waals surface area contributed by atoms with Gasteiger partial charge in [0.05, 0.1) is 11.9 Å². The Hall–Kier alpha value is -4.10. The summed E-state index contributed by atoms with van der Waals surface area (Å²) in [6.45, 7) is 1.92. The normalized spacial score (nSPS) is 10.6. The van der Waals surface area contributed by atoms with Crippen LogP contribution in [0.25, 0.3) is 16.8 Å². The van der Waals surface area contributed by atoms with E-state index in [1.165, 1.54) is 17.8 Å². The van der Waals surface area contributed by atoms with E-state index >= 15 is 0 Å². The summed E-state index contributed by atoms with van der Waals surface area (Å²) in [4.78, 5) is 24.3. The smallest absolute Gasteiger partial charge is 0.316 e. The molecule has 0 aliphatic heterocycles. The minimum atomic E-state index is -0.484. The van der Waals surface area contributed by atoms with Crippen molar-refractivity contribution >= 4 is 23.2 Å². The molecule has 1 heterocycles. The van der Waals surface area contributed by atoms with Gasteiger partial charge in [0.1, 0.15) is 11.4 Å². The topological polar surface area (TPSA) is 99.2 Å². The molecule has 0 bridgehead atoms. The number of carbonyl (C=O) groups is 1. The van der Waals surface area contributed by atoms with Crippen molar-refractivity contribution in [3.63, 3.8) is 0 Å². The van der Waals surface area contributed by atoms with Gasteiger partial charge in [-0.15, -0.1) is 0 Å². The molecule has 1 aromatic heterocycles. The number of amides is 1. The molecule has 0 radical (unpaired) electrons. The lowest BCUT2D eigenvalue weighted by Gasteiger charge is -2.13. The number of nitrogens with two attached hydrogens (primary N) is 1. The van der Waals surface area contributed by atoms with Crippen LogP contribution >= 0.6 is 11.6 Å². The number of nitrogen functional groups attached to an aromatic ring is 1. The summed E-state index contributed by atoms with van der Waals surface area (Å²) in [6.07, 6.45) is 1.37. The van der Waals surface area contributed by atoms with Crippen molar-refractivity contribution in [3.8, 4) is 28.3 Å². The van der Waals surface area contributed by atoms with E-state index in [2.05, 4.69) is 10.4 Å². The first-order valence-corrected chi connectivity index (χ1v) is 10.5. The number of hydrogen-bond donors (Lipinski definition) is 2. The molecule has 0 saturated carbocycles. The highest BCUT2D eigenvalue weighted by atomic mass is 35.5. The van der Waals surface area contributed by atoms with Gasteiger partial charge in [-0.3, -0.25) is 9.59 Å². The Morgan fingerprint density at radius 1 is 1.06 bits per heavy atom. The number of aromatic nitrogens is 2. The molecule has 0 unspecified atom stereocenters. The molecule has 3 N–H and O–H groups in total. The van der Waals surface area contributed by atoms with Gasteiger partial charge in [0.2, 0.25) is 11.7 Å². The van der Waals surface area contributed by atoms with Crippen LogP contribution in [0.3, 0.4) is 0 Å². The lowest BCUT2D eigenvalue weighted by Crippen LogP contribution is -2.23. The summed E-state index contributed by atoms with van der Waals surface area (Å²) >= 11 is 5.93. The number of benzene rings is 3. The first-order chi connectivity index (χ1) is 15.9. The first-order valence-electron chi connectivity index (χ1n) is 10.2. The van der Waals surface area contributed by atoms with E-state index in [-0.39, 0.29) is 17.3 Å². The Balaban J connectivity index is 1.61. The molecule has 166 valence electrons. The molecule has 0 aliphatic carbocycles. The number of rotatable bonds is 6. The van der Waals surface area contributed by atoms with Crippen LogP contribution in [-0.4, -0.2) is 15.7 Å². The van der Waals surface area contributed by atoms with Gasteiger partial charge < -0.3 is 15.8 Å². The summed E-state index contributed by atoms with van der Waals surface area (Å²) in [6, 6.07) is 21.8. The van der Waals surface area contributed by atoms with Crippen molar-refractivity contribution in [2.45, 2.75) is 13.5 Å². The van der Waals surface area contributed by atoms with Crippen LogP contribution < -0.4 is 21.3 Å². The third-order valence-corrected chi connectivity index (χ3v) is 5.21. The number of carbonyl (C=O) groups excluding carboxylic acids is 1. The Labute approximate surface area is 195 Å². The molecule has 0 spiro atoms. The minimum Gasteiger partial charge on any atom is -0.449 e. The van der Waals surface area contributed by atoms with Crippen molar-refractivity contribution in [1.29, 1.82) is 0 Å². The second-order valence-corrected chi connectivity index (χ2v) is 7.75. The standard InChI is InChI=1S/C25H21ClN4O3/c1-16(31)28-14-18-4-2-3-5-22(18)17-6-12-21(13-7-17)33-24-23(27)15-29-30(25(24)32)20-10-8-19(26)9-11-20/h2-13,15H,14,27H2,1H3,(H,28,31). The first kappa shape index (κ1) is 22.1. The average Bonchev–Trinajstić information content (AvgIpc) is 2.82. The summed E-state index contributed by atoms with van der Waals surface area (Å²) in [5, 5.41) is 7.48. The number of nitrogens with one attached hydrogen (secondary N) is 1. The SMILES string of the molecule is CC(=O)NCc1ccccc1-c1ccc(Oc2c(N)cnn(-c3ccc(Cl)cc3)c2=O)cc1. The van der Waals surface area contributed by atoms with Crippen LogP contribution in [0.5, 0.6) is 11.5 Å². The zero-order chi connectivity index (χ0) is 23.4. The Kier molecular flexibility index (Phi) is 6.42. The third-order valence-electron chi connectivity index (χ3n) is 4.96. The predicted octanol–water partition coefficient (Wildman–Crippen LogP) is 4.56. The van der Waals surface area contributed by atoms with Crippen molar-refractivity contribution in [2.24, 2.45) is 0 Å². The summed E-state index contributed by atoms with van der Waals surface area (Å²) in [7, 11) is 0. The number of anilines is 1. The highest BCUT2D eigenvalue weighted by Crippen LogP contribution is 2.29. The molecule has 0 aliphatic rings. The minimum absolute atomic E-state index is 0.0150. The van der Waals surface area contributed by atoms with Gasteiger partial charge in [0, 0.05) is 18.5 Å². The van der Waals surface area contributed by atoms with Crippen molar-refractivity contribution in [1.82, 2.24) is 15.1 Å². The zero-order valence-electron chi connectivity index (χ0n) is 17.8. The molecule has 7 nitrogen and oxygen atoms in total. The molecule has 33 heavy (non-hydrogen) atoms. The highest BCUT2D eigenvalue weighted by molar-refractivity contribution is 6.30. The molecule has 1 amide bonds. The lowest BCUT2D eigenvalue weighted by molar-refractivity contribution is -0.119. The lowest BCUT2D eigenvalue weighted by atomic mass is 9.99. The molecule has 3 aromatic carbocycles. The van der Waals surface area contributed by atoms with Crippen LogP contribution in [0.1, 0.15) is 12.5 Å². The van der Waals surface area contributed by atoms with Gasteiger partial charge in [0.25, 0.3) is 0 Å². The van der Waals surface area contributed by atoms with Gasteiger partial charge in [0.15, 0.2) is 0 Å². The van der Waals surface area contributed by atoms with E-state index in [0.717, 1.165) is 16.7 Å². The summed E-state index contributed by atoms with van der Waals surface area (Å²) < 4.78 is 7.05. The maximum absolute atomic E-state index is 13.0. The monoisotopic (exact) mass is 460 g/mol. The Bertz CT molecular complexity index is 1350. The van der Waals surface area contributed by atoms with Crippen LogP contribution in [0, 0.1) is 0 Å². The fourth-order valence-corrected chi connectivity index (χ4v) is 3.44. The molecule has 4 rings (SSSR count). The van der Waals surface area contributed by atoms with Crippen molar-refractivity contribution in [3.05, 3.63) is 99.9 Å². The summed E-state index contributed by atoms with van der Waals surface area (Å²) in [5.74, 6) is 0.349. The average molecular weight is 461 g/mol. The number of halogens is 1. The Morgan fingerprint density at radius 3 is 2.45 bits per heavy atom. The fourth-order valence-electron chi connectivity index (χ4n) is 3.32. The maximum atomic E-state index is 13.0. The second kappa shape index (κ2) is 9.58. The molecular formula is C25H21ClN4O3. The van der Waals surface area contributed by atoms with Crippen molar-refractivity contribution < 1.29 is 9.53 Å². The quantitative estimate of drug-likeness (QED) is 0.439. The molecule has 0 fully saturated rings. The van der Waals surface area contributed by atoms with Crippen molar-refractivity contribution in [2.75, 3.05) is 5.73 Å². The molecule has 0 saturated heterocycles.